The maximum absolute atomic E-state index is 8.53. The van der Waals surface area contributed by atoms with Crippen LogP contribution >= 0.6 is 0 Å². The van der Waals surface area contributed by atoms with E-state index in [1.807, 2.05) is 24.3 Å². The largest absolute Gasteiger partial charge is 0.455 e. The minimum atomic E-state index is -2.71. The highest BCUT2D eigenvalue weighted by Gasteiger charge is 2.14. The molecule has 2 heterocycles. The van der Waals surface area contributed by atoms with Crippen molar-refractivity contribution in [3.8, 4) is 11.3 Å². The van der Waals surface area contributed by atoms with Gasteiger partial charge in [-0.05, 0) is 64.2 Å². The fraction of sp³-hybridized carbons (Fsp3) is 0.0385. The summed E-state index contributed by atoms with van der Waals surface area (Å²) in [5.41, 5.74) is 1.09. The molecule has 132 valence electrons. The first-order valence-corrected chi connectivity index (χ1v) is 8.99. The summed E-state index contributed by atoms with van der Waals surface area (Å²) in [6, 6.07) is 20.8. The third-order valence-electron chi connectivity index (χ3n) is 5.21. The molecule has 2 heteroatoms. The van der Waals surface area contributed by atoms with Crippen LogP contribution in [0.3, 0.4) is 0 Å². The van der Waals surface area contributed by atoms with Crippen LogP contribution in [0, 0.1) is 6.85 Å². The first kappa shape index (κ1) is 10.6. The molecule has 0 aliphatic rings. The van der Waals surface area contributed by atoms with Gasteiger partial charge < -0.3 is 4.42 Å². The molecule has 0 aliphatic carbocycles. The van der Waals surface area contributed by atoms with E-state index in [4.69, 9.17) is 12.6 Å². The second kappa shape index (κ2) is 5.67. The first-order chi connectivity index (χ1) is 16.2. The summed E-state index contributed by atoms with van der Waals surface area (Å²) in [6.45, 7) is -2.71. The van der Waals surface area contributed by atoms with E-state index in [1.165, 1.54) is 0 Å². The summed E-state index contributed by atoms with van der Waals surface area (Å²) in [7, 11) is 0. The Morgan fingerprint density at radius 2 is 1.75 bits per heavy atom. The molecule has 0 spiro atoms. The minimum absolute atomic E-state index is 0.0202. The molecule has 0 N–H and O–H groups in total. The lowest BCUT2D eigenvalue weighted by Gasteiger charge is -2.03. The van der Waals surface area contributed by atoms with Crippen LogP contribution in [-0.4, -0.2) is 4.98 Å². The predicted molar refractivity (Wildman–Crippen MR) is 117 cm³/mol. The average molecular weight is 365 g/mol. The fourth-order valence-electron chi connectivity index (χ4n) is 3.93. The predicted octanol–water partition coefficient (Wildman–Crippen LogP) is 7.26. The molecular formula is C26H17NO. The van der Waals surface area contributed by atoms with Crippen molar-refractivity contribution in [2.24, 2.45) is 0 Å². The Morgan fingerprint density at radius 1 is 0.857 bits per heavy atom. The van der Waals surface area contributed by atoms with E-state index in [-0.39, 0.29) is 11.7 Å². The molecule has 0 radical (unpaired) electrons. The van der Waals surface area contributed by atoms with Crippen LogP contribution in [0.1, 0.15) is 13.8 Å². The van der Waals surface area contributed by atoms with Gasteiger partial charge in [0, 0.05) is 26.6 Å². The molecule has 0 aliphatic heterocycles. The summed E-state index contributed by atoms with van der Waals surface area (Å²) >= 11 is 0. The van der Waals surface area contributed by atoms with Crippen molar-refractivity contribution in [2.45, 2.75) is 6.85 Å². The van der Waals surface area contributed by atoms with Gasteiger partial charge in [0.2, 0.25) is 0 Å². The molecule has 6 aromatic rings. The Labute approximate surface area is 170 Å². The SMILES string of the molecule is [2H]c1nc(-c2cccc3c2oc2cc4c(ccc5ccccc54)cc23)c([2H])c(C([2H])([2H])[2H])c1[2H]. The molecule has 0 saturated carbocycles. The Morgan fingerprint density at radius 3 is 2.71 bits per heavy atom. The summed E-state index contributed by atoms with van der Waals surface area (Å²) in [4.78, 5) is 4.11. The van der Waals surface area contributed by atoms with E-state index in [1.54, 1.807) is 12.1 Å². The summed E-state index contributed by atoms with van der Waals surface area (Å²) in [5.74, 6) is 0. The number of hydrogen-bond acceptors (Lipinski definition) is 2. The monoisotopic (exact) mass is 365 g/mol. The molecule has 2 nitrogen and oxygen atoms in total. The van der Waals surface area contributed by atoms with Crippen molar-refractivity contribution in [2.75, 3.05) is 0 Å². The van der Waals surface area contributed by atoms with Gasteiger partial charge in [-0.15, -0.1) is 0 Å². The third-order valence-corrected chi connectivity index (χ3v) is 5.21. The quantitative estimate of drug-likeness (QED) is 0.287. The number of pyridine rings is 1. The van der Waals surface area contributed by atoms with Crippen molar-refractivity contribution >= 4 is 43.5 Å². The Hall–Kier alpha value is -3.65. The molecular weight excluding hydrogens is 342 g/mol. The van der Waals surface area contributed by atoms with Gasteiger partial charge in [-0.2, -0.15) is 0 Å². The van der Waals surface area contributed by atoms with Crippen LogP contribution < -0.4 is 0 Å². The molecule has 0 saturated heterocycles. The molecule has 2 aromatic heterocycles. The lowest BCUT2D eigenvalue weighted by molar-refractivity contribution is 0.670. The van der Waals surface area contributed by atoms with E-state index >= 15 is 0 Å². The van der Waals surface area contributed by atoms with E-state index in [9.17, 15) is 0 Å². The highest BCUT2D eigenvalue weighted by atomic mass is 16.3. The van der Waals surface area contributed by atoms with Crippen molar-refractivity contribution in [3.05, 3.63) is 90.6 Å². The van der Waals surface area contributed by atoms with Crippen molar-refractivity contribution in [3.63, 3.8) is 0 Å². The first-order valence-electron chi connectivity index (χ1n) is 12.0. The number of nitrogens with zero attached hydrogens (tertiary/aromatic N) is 1. The number of rotatable bonds is 1. The van der Waals surface area contributed by atoms with Crippen LogP contribution in [-0.2, 0) is 0 Å². The maximum atomic E-state index is 8.53. The van der Waals surface area contributed by atoms with E-state index in [0.29, 0.717) is 16.7 Å². The zero-order valence-corrected chi connectivity index (χ0v) is 14.7. The molecule has 0 amide bonds. The number of benzene rings is 4. The van der Waals surface area contributed by atoms with Crippen molar-refractivity contribution in [1.82, 2.24) is 4.98 Å². The zero-order chi connectivity index (χ0) is 23.8. The van der Waals surface area contributed by atoms with Crippen LogP contribution in [0.15, 0.2) is 89.4 Å². The van der Waals surface area contributed by atoms with Gasteiger partial charge in [0.25, 0.3) is 0 Å². The van der Waals surface area contributed by atoms with Gasteiger partial charge in [-0.3, -0.25) is 4.98 Å². The zero-order valence-electron chi connectivity index (χ0n) is 20.7. The van der Waals surface area contributed by atoms with E-state index in [2.05, 4.69) is 35.3 Å². The second-order valence-corrected chi connectivity index (χ2v) is 6.84. The molecule has 0 atom stereocenters. The topological polar surface area (TPSA) is 26.0 Å². The standard InChI is InChI=1S/C26H17NO/c1-16-11-12-27-24(13-16)21-8-4-7-20-23-14-18-10-9-17-5-2-3-6-19(17)22(18)15-25(23)28-26(20)21/h2-15H,1H3/i1D3,11D,12D,13D. The van der Waals surface area contributed by atoms with Gasteiger partial charge in [-0.25, -0.2) is 0 Å². The van der Waals surface area contributed by atoms with Crippen LogP contribution in [0.25, 0.3) is 54.7 Å². The van der Waals surface area contributed by atoms with Gasteiger partial charge in [0.1, 0.15) is 11.2 Å². The van der Waals surface area contributed by atoms with Crippen LogP contribution in [0.5, 0.6) is 0 Å². The Bertz CT molecular complexity index is 1780. The Balaban J connectivity index is 1.69. The maximum Gasteiger partial charge on any atom is 0.144 e. The van der Waals surface area contributed by atoms with Gasteiger partial charge in [0.05, 0.1) is 9.81 Å². The van der Waals surface area contributed by atoms with E-state index in [0.717, 1.165) is 32.3 Å². The minimum Gasteiger partial charge on any atom is -0.455 e. The molecule has 4 aromatic carbocycles. The van der Waals surface area contributed by atoms with Gasteiger partial charge in [-0.1, -0.05) is 48.5 Å². The van der Waals surface area contributed by atoms with Gasteiger partial charge in [0.15, 0.2) is 0 Å². The lowest BCUT2D eigenvalue weighted by Crippen LogP contribution is -1.84. The highest BCUT2D eigenvalue weighted by molar-refractivity contribution is 6.17. The molecule has 28 heavy (non-hydrogen) atoms. The van der Waals surface area contributed by atoms with Crippen molar-refractivity contribution in [1.29, 1.82) is 0 Å². The number of para-hydroxylation sites is 1. The molecule has 0 unspecified atom stereocenters. The summed E-state index contributed by atoms with van der Waals surface area (Å²) < 4.78 is 54.2. The second-order valence-electron chi connectivity index (χ2n) is 6.84. The van der Waals surface area contributed by atoms with E-state index < -0.39 is 24.6 Å². The van der Waals surface area contributed by atoms with Crippen molar-refractivity contribution < 1.29 is 12.6 Å². The molecule has 6 rings (SSSR count). The molecule has 0 fully saturated rings. The number of furan rings is 1. The number of hydrogen-bond donors (Lipinski definition) is 0. The molecule has 0 bridgehead atoms. The summed E-state index contributed by atoms with van der Waals surface area (Å²) in [6.07, 6.45) is -0.484. The number of fused-ring (bicyclic) bond motifs is 6. The third kappa shape index (κ3) is 2.18. The number of aromatic nitrogens is 1. The van der Waals surface area contributed by atoms with Crippen LogP contribution in [0.2, 0.25) is 0 Å². The average Bonchev–Trinajstić information content (AvgIpc) is 3.17. The Kier molecular flexibility index (Phi) is 2.15. The lowest BCUT2D eigenvalue weighted by atomic mass is 9.99. The van der Waals surface area contributed by atoms with Gasteiger partial charge >= 0.3 is 0 Å². The fourth-order valence-corrected chi connectivity index (χ4v) is 3.93. The smallest absolute Gasteiger partial charge is 0.144 e. The summed E-state index contributed by atoms with van der Waals surface area (Å²) in [5, 5.41) is 6.07. The highest BCUT2D eigenvalue weighted by Crippen LogP contribution is 2.38. The normalized spacial score (nSPS) is 15.3. The van der Waals surface area contributed by atoms with Crippen LogP contribution in [0.4, 0.5) is 0 Å².